The van der Waals surface area contributed by atoms with E-state index in [1.807, 2.05) is 35.1 Å². The number of nitrogens with one attached hydrogen (secondary N) is 2. The van der Waals surface area contributed by atoms with Gasteiger partial charge in [0.2, 0.25) is 11.8 Å². The van der Waals surface area contributed by atoms with Crippen LogP contribution in [-0.4, -0.2) is 50.4 Å². The minimum absolute atomic E-state index is 0.0529. The van der Waals surface area contributed by atoms with Gasteiger partial charge in [-0.1, -0.05) is 0 Å². The van der Waals surface area contributed by atoms with Crippen LogP contribution in [0, 0.1) is 5.92 Å². The first-order valence-electron chi connectivity index (χ1n) is 11.4. The molecule has 2 aromatic carbocycles. The van der Waals surface area contributed by atoms with Gasteiger partial charge in [0.15, 0.2) is 0 Å². The third-order valence-corrected chi connectivity index (χ3v) is 7.39. The molecule has 2 N–H and O–H groups in total. The molecule has 10 nitrogen and oxygen atoms in total. The Bertz CT molecular complexity index is 1340. The maximum Gasteiger partial charge on any atom is 0.264 e. The largest absolute Gasteiger partial charge is 0.497 e. The van der Waals surface area contributed by atoms with Crippen LogP contribution in [0.5, 0.6) is 5.75 Å². The van der Waals surface area contributed by atoms with E-state index in [0.717, 1.165) is 29.7 Å². The van der Waals surface area contributed by atoms with Crippen LogP contribution in [0.1, 0.15) is 19.8 Å². The van der Waals surface area contributed by atoms with E-state index in [4.69, 9.17) is 4.74 Å². The average molecular weight is 510 g/mol. The maximum atomic E-state index is 12.8. The van der Waals surface area contributed by atoms with E-state index in [-0.39, 0.29) is 16.7 Å². The van der Waals surface area contributed by atoms with Crippen molar-refractivity contribution in [2.45, 2.75) is 24.7 Å². The number of sulfonamides is 1. The smallest absolute Gasteiger partial charge is 0.264 e. The van der Waals surface area contributed by atoms with Crippen molar-refractivity contribution in [3.05, 3.63) is 60.9 Å². The molecule has 2 amide bonds. The molecule has 11 heteroatoms. The van der Waals surface area contributed by atoms with Crippen molar-refractivity contribution in [3.63, 3.8) is 0 Å². The van der Waals surface area contributed by atoms with Crippen molar-refractivity contribution in [1.29, 1.82) is 0 Å². The van der Waals surface area contributed by atoms with E-state index in [9.17, 15) is 18.0 Å². The van der Waals surface area contributed by atoms with E-state index >= 15 is 0 Å². The van der Waals surface area contributed by atoms with Crippen molar-refractivity contribution < 1.29 is 22.7 Å². The molecule has 1 fully saturated rings. The maximum absolute atomic E-state index is 12.8. The minimum Gasteiger partial charge on any atom is -0.497 e. The number of benzene rings is 2. The summed E-state index contributed by atoms with van der Waals surface area (Å²) >= 11 is 0. The molecule has 0 bridgehead atoms. The standard InChI is InChI=1S/C25H27N5O5S/c1-17(31)29-36(33,34)22-9-5-20(6-10-22)28-25(32)19-11-13-30(14-12-19)24-15-23(26-16-27-24)18-3-7-21(35-2)8-4-18/h3-10,15-16,19H,11-14H2,1-2H3,(H,28,32)(H,29,31). The lowest BCUT2D eigenvalue weighted by atomic mass is 9.95. The number of anilines is 2. The summed E-state index contributed by atoms with van der Waals surface area (Å²) in [5, 5.41) is 2.85. The van der Waals surface area contributed by atoms with Crippen LogP contribution < -0.4 is 19.7 Å². The molecule has 1 aliphatic heterocycles. The number of hydrogen-bond acceptors (Lipinski definition) is 8. The SMILES string of the molecule is COc1ccc(-c2cc(N3CCC(C(=O)Nc4ccc(S(=O)(=O)NC(C)=O)cc4)CC3)ncn2)cc1. The summed E-state index contributed by atoms with van der Waals surface area (Å²) in [6, 6.07) is 15.3. The normalized spacial score (nSPS) is 14.2. The Balaban J connectivity index is 1.34. The molecule has 4 rings (SSSR count). The molecule has 2 heterocycles. The Morgan fingerprint density at radius 3 is 2.28 bits per heavy atom. The zero-order valence-electron chi connectivity index (χ0n) is 20.0. The van der Waals surface area contributed by atoms with Gasteiger partial charge in [0.25, 0.3) is 10.0 Å². The van der Waals surface area contributed by atoms with Crippen LogP contribution in [0.25, 0.3) is 11.3 Å². The lowest BCUT2D eigenvalue weighted by molar-refractivity contribution is -0.120. The predicted octanol–water partition coefficient (Wildman–Crippen LogP) is 2.83. The first kappa shape index (κ1) is 25.1. The van der Waals surface area contributed by atoms with Crippen LogP contribution in [0.4, 0.5) is 11.5 Å². The van der Waals surface area contributed by atoms with E-state index in [1.54, 1.807) is 13.4 Å². The molecule has 3 aromatic rings. The Labute approximate surface area is 209 Å². The van der Waals surface area contributed by atoms with Crippen LogP contribution in [0.2, 0.25) is 0 Å². The van der Waals surface area contributed by atoms with Gasteiger partial charge < -0.3 is 15.0 Å². The fraction of sp³-hybridized carbons (Fsp3) is 0.280. The predicted molar refractivity (Wildman–Crippen MR) is 135 cm³/mol. The number of ether oxygens (including phenoxy) is 1. The Morgan fingerprint density at radius 2 is 1.67 bits per heavy atom. The Hall–Kier alpha value is -3.99. The lowest BCUT2D eigenvalue weighted by Gasteiger charge is -2.32. The Kier molecular flexibility index (Phi) is 7.49. The fourth-order valence-corrected chi connectivity index (χ4v) is 5.01. The van der Waals surface area contributed by atoms with Gasteiger partial charge in [0.05, 0.1) is 17.7 Å². The number of methoxy groups -OCH3 is 1. The zero-order chi connectivity index (χ0) is 25.7. The van der Waals surface area contributed by atoms with Gasteiger partial charge in [-0.05, 0) is 61.4 Å². The summed E-state index contributed by atoms with van der Waals surface area (Å²) in [5.41, 5.74) is 2.26. The van der Waals surface area contributed by atoms with Crippen molar-refractivity contribution in [3.8, 4) is 17.0 Å². The van der Waals surface area contributed by atoms with E-state index in [1.165, 1.54) is 24.3 Å². The van der Waals surface area contributed by atoms with E-state index < -0.39 is 15.9 Å². The summed E-state index contributed by atoms with van der Waals surface area (Å²) in [7, 11) is -2.29. The molecule has 0 atom stereocenters. The first-order valence-corrected chi connectivity index (χ1v) is 12.9. The van der Waals surface area contributed by atoms with Gasteiger partial charge >= 0.3 is 0 Å². The van der Waals surface area contributed by atoms with Gasteiger partial charge in [-0.2, -0.15) is 0 Å². The summed E-state index contributed by atoms with van der Waals surface area (Å²) in [5.74, 6) is 0.628. The molecular formula is C25H27N5O5S. The van der Waals surface area contributed by atoms with Crippen LogP contribution in [0.15, 0.2) is 65.8 Å². The average Bonchev–Trinajstić information content (AvgIpc) is 2.88. The van der Waals surface area contributed by atoms with Gasteiger partial charge in [0, 0.05) is 43.2 Å². The molecule has 1 aromatic heterocycles. The van der Waals surface area contributed by atoms with Crippen LogP contribution in [-0.2, 0) is 19.6 Å². The number of piperidine rings is 1. The highest BCUT2D eigenvalue weighted by molar-refractivity contribution is 7.90. The molecule has 36 heavy (non-hydrogen) atoms. The highest BCUT2D eigenvalue weighted by atomic mass is 32.2. The second-order valence-corrected chi connectivity index (χ2v) is 10.1. The molecule has 1 aliphatic rings. The van der Waals surface area contributed by atoms with Gasteiger partial charge in [-0.15, -0.1) is 0 Å². The summed E-state index contributed by atoms with van der Waals surface area (Å²) in [6.07, 6.45) is 2.86. The summed E-state index contributed by atoms with van der Waals surface area (Å²) in [6.45, 7) is 2.47. The molecule has 188 valence electrons. The molecule has 0 radical (unpaired) electrons. The number of nitrogens with zero attached hydrogens (tertiary/aromatic N) is 3. The monoisotopic (exact) mass is 509 g/mol. The van der Waals surface area contributed by atoms with Crippen molar-refractivity contribution in [2.75, 3.05) is 30.4 Å². The summed E-state index contributed by atoms with van der Waals surface area (Å²) in [4.78, 5) is 34.8. The van der Waals surface area contributed by atoms with Crippen LogP contribution in [0.3, 0.4) is 0 Å². The van der Waals surface area contributed by atoms with Gasteiger partial charge in [-0.25, -0.2) is 23.1 Å². The number of hydrogen-bond donors (Lipinski definition) is 2. The number of carbonyl (C=O) groups is 2. The zero-order valence-corrected chi connectivity index (χ0v) is 20.8. The highest BCUT2D eigenvalue weighted by Gasteiger charge is 2.26. The molecule has 1 saturated heterocycles. The molecule has 0 spiro atoms. The lowest BCUT2D eigenvalue weighted by Crippen LogP contribution is -2.38. The third kappa shape index (κ3) is 5.98. The van der Waals surface area contributed by atoms with E-state index in [0.29, 0.717) is 31.6 Å². The topological polar surface area (TPSA) is 131 Å². The number of rotatable bonds is 7. The fourth-order valence-electron chi connectivity index (χ4n) is 4.02. The minimum atomic E-state index is -3.92. The number of amides is 2. The summed E-state index contributed by atoms with van der Waals surface area (Å²) < 4.78 is 31.2. The van der Waals surface area contributed by atoms with Gasteiger partial charge in [0.1, 0.15) is 17.9 Å². The third-order valence-electron chi connectivity index (χ3n) is 5.94. The van der Waals surface area contributed by atoms with Crippen LogP contribution >= 0.6 is 0 Å². The molecular weight excluding hydrogens is 482 g/mol. The molecule has 0 aliphatic carbocycles. The molecule has 0 saturated carbocycles. The van der Waals surface area contributed by atoms with Crippen molar-refractivity contribution in [2.24, 2.45) is 5.92 Å². The van der Waals surface area contributed by atoms with Crippen molar-refractivity contribution in [1.82, 2.24) is 14.7 Å². The van der Waals surface area contributed by atoms with Gasteiger partial charge in [-0.3, -0.25) is 9.59 Å². The Morgan fingerprint density at radius 1 is 1.00 bits per heavy atom. The second-order valence-electron chi connectivity index (χ2n) is 8.43. The number of carbonyl (C=O) groups excluding carboxylic acids is 2. The number of aromatic nitrogens is 2. The highest BCUT2D eigenvalue weighted by Crippen LogP contribution is 2.27. The first-order chi connectivity index (χ1) is 17.2. The molecule has 0 unspecified atom stereocenters. The van der Waals surface area contributed by atoms with E-state index in [2.05, 4.69) is 20.2 Å². The van der Waals surface area contributed by atoms with Crippen molar-refractivity contribution >= 4 is 33.3 Å². The quantitative estimate of drug-likeness (QED) is 0.497. The second kappa shape index (κ2) is 10.7.